The lowest BCUT2D eigenvalue weighted by atomic mass is 10.2. The number of anilines is 5. The van der Waals surface area contributed by atoms with Gasteiger partial charge in [-0.2, -0.15) is 4.98 Å². The van der Waals surface area contributed by atoms with E-state index in [-0.39, 0.29) is 18.1 Å². The van der Waals surface area contributed by atoms with Crippen LogP contribution in [0.1, 0.15) is 6.42 Å². The van der Waals surface area contributed by atoms with E-state index in [0.29, 0.717) is 40.5 Å². The number of halogens is 1. The first-order valence-electron chi connectivity index (χ1n) is 11.5. The number of hydrogen-bond acceptors (Lipinski definition) is 9. The number of morpholine rings is 1. The lowest BCUT2D eigenvalue weighted by Crippen LogP contribution is -2.37. The van der Waals surface area contributed by atoms with Crippen molar-refractivity contribution in [3.8, 4) is 5.75 Å². The van der Waals surface area contributed by atoms with Crippen LogP contribution in [-0.4, -0.2) is 87.4 Å². The van der Waals surface area contributed by atoms with Crippen LogP contribution in [0.5, 0.6) is 5.75 Å². The van der Waals surface area contributed by atoms with Gasteiger partial charge in [-0.1, -0.05) is 18.2 Å². The number of nitrogens with one attached hydrogen (secondary N) is 2. The number of methoxy groups -OCH3 is 1. The largest absolute Gasteiger partial charge is 0.494 e. The average molecular weight is 502 g/mol. The van der Waals surface area contributed by atoms with Gasteiger partial charge in [0.05, 0.1) is 49.1 Å². The van der Waals surface area contributed by atoms with Gasteiger partial charge in [0.15, 0.2) is 5.82 Å². The van der Waals surface area contributed by atoms with Crippen molar-refractivity contribution in [2.24, 2.45) is 0 Å². The van der Waals surface area contributed by atoms with E-state index in [1.807, 2.05) is 33.3 Å². The smallest absolute Gasteiger partial charge is 0.247 e. The number of benzene rings is 1. The Bertz CT molecular complexity index is 1100. The van der Waals surface area contributed by atoms with E-state index in [1.165, 1.54) is 6.08 Å². The Morgan fingerprint density at radius 1 is 1.34 bits per heavy atom. The van der Waals surface area contributed by atoms with Crippen LogP contribution in [0, 0.1) is 0 Å². The molecule has 1 aromatic carbocycles. The number of aromatic nitrogens is 2. The topological polar surface area (TPSA) is 95.1 Å². The Kier molecular flexibility index (Phi) is 7.63. The fourth-order valence-electron chi connectivity index (χ4n) is 4.31. The lowest BCUT2D eigenvalue weighted by molar-refractivity contribution is -0.111. The first kappa shape index (κ1) is 25.0. The van der Waals surface area contributed by atoms with Crippen molar-refractivity contribution in [3.05, 3.63) is 36.0 Å². The molecule has 1 aromatic heterocycles. The molecule has 3 heterocycles. The molecule has 10 nitrogen and oxygen atoms in total. The number of amides is 1. The first-order chi connectivity index (χ1) is 16.8. The zero-order chi connectivity index (χ0) is 25.1. The predicted molar refractivity (Wildman–Crippen MR) is 139 cm³/mol. The Morgan fingerprint density at radius 3 is 2.77 bits per heavy atom. The van der Waals surface area contributed by atoms with Gasteiger partial charge < -0.3 is 34.8 Å². The molecule has 4 rings (SSSR count). The second-order valence-corrected chi connectivity index (χ2v) is 9.38. The average Bonchev–Trinajstić information content (AvgIpc) is 3.47. The molecular formula is C24H32ClN7O3. The normalized spacial score (nSPS) is 18.6. The summed E-state index contributed by atoms with van der Waals surface area (Å²) >= 11 is 6.46. The molecule has 0 unspecified atom stereocenters. The predicted octanol–water partition coefficient (Wildman–Crippen LogP) is 2.98. The van der Waals surface area contributed by atoms with Gasteiger partial charge in [0, 0.05) is 32.7 Å². The number of likely N-dealkylation sites (N-methyl/N-ethyl adjacent to an activating group) is 2. The SMILES string of the molecule is C=CC(=O)Nc1cc(Nc2ncc(Cl)c(N3C[C@@H]4C[C@H]3CO4)n2)c(OC)cc1N(C)CCN(C)C. The Labute approximate surface area is 210 Å². The second-order valence-electron chi connectivity index (χ2n) is 8.98. The van der Waals surface area contributed by atoms with Gasteiger partial charge in [0.1, 0.15) is 10.8 Å². The third kappa shape index (κ3) is 5.61. The molecule has 1 amide bonds. The molecule has 35 heavy (non-hydrogen) atoms. The van der Waals surface area contributed by atoms with Crippen LogP contribution in [0.4, 0.5) is 28.8 Å². The summed E-state index contributed by atoms with van der Waals surface area (Å²) in [6.07, 6.45) is 4.03. The molecule has 2 aliphatic rings. The van der Waals surface area contributed by atoms with Gasteiger partial charge in [0.25, 0.3) is 0 Å². The molecular weight excluding hydrogens is 470 g/mol. The molecule has 11 heteroatoms. The number of fused-ring (bicyclic) bond motifs is 2. The van der Waals surface area contributed by atoms with Crippen LogP contribution in [-0.2, 0) is 9.53 Å². The Balaban J connectivity index is 1.65. The van der Waals surface area contributed by atoms with E-state index in [9.17, 15) is 4.79 Å². The van der Waals surface area contributed by atoms with Crippen molar-refractivity contribution in [3.63, 3.8) is 0 Å². The Morgan fingerprint density at radius 2 is 2.14 bits per heavy atom. The van der Waals surface area contributed by atoms with Crippen LogP contribution in [0.25, 0.3) is 0 Å². The van der Waals surface area contributed by atoms with Gasteiger partial charge in [-0.25, -0.2) is 4.98 Å². The van der Waals surface area contributed by atoms with Gasteiger partial charge in [-0.3, -0.25) is 4.79 Å². The van der Waals surface area contributed by atoms with Gasteiger partial charge in [0.2, 0.25) is 11.9 Å². The van der Waals surface area contributed by atoms with Crippen molar-refractivity contribution in [1.29, 1.82) is 0 Å². The number of ether oxygens (including phenoxy) is 2. The molecule has 0 aliphatic carbocycles. The summed E-state index contributed by atoms with van der Waals surface area (Å²) in [7, 11) is 7.60. The molecule has 2 atom stereocenters. The number of rotatable bonds is 10. The van der Waals surface area contributed by atoms with Crippen LogP contribution in [0.3, 0.4) is 0 Å². The highest BCUT2D eigenvalue weighted by molar-refractivity contribution is 6.32. The van der Waals surface area contributed by atoms with Gasteiger partial charge in [-0.05, 0) is 32.7 Å². The van der Waals surface area contributed by atoms with Crippen LogP contribution in [0.15, 0.2) is 31.0 Å². The van der Waals surface area contributed by atoms with Crippen molar-refractivity contribution in [2.75, 3.05) is 74.9 Å². The third-order valence-corrected chi connectivity index (χ3v) is 6.47. The fraction of sp³-hybridized carbons (Fsp3) is 0.458. The number of nitrogens with zero attached hydrogens (tertiary/aromatic N) is 5. The molecule has 2 aliphatic heterocycles. The quantitative estimate of drug-likeness (QED) is 0.476. The molecule has 2 aromatic rings. The molecule has 188 valence electrons. The summed E-state index contributed by atoms with van der Waals surface area (Å²) in [4.78, 5) is 27.6. The zero-order valence-electron chi connectivity index (χ0n) is 20.5. The molecule has 0 spiro atoms. The maximum absolute atomic E-state index is 12.2. The maximum atomic E-state index is 12.2. The van der Waals surface area contributed by atoms with E-state index in [0.717, 1.165) is 31.7 Å². The van der Waals surface area contributed by atoms with Crippen molar-refractivity contribution < 1.29 is 14.3 Å². The number of hydrogen-bond donors (Lipinski definition) is 2. The summed E-state index contributed by atoms with van der Waals surface area (Å²) in [5.41, 5.74) is 2.04. The summed E-state index contributed by atoms with van der Waals surface area (Å²) in [6.45, 7) is 6.61. The highest BCUT2D eigenvalue weighted by Crippen LogP contribution is 2.39. The van der Waals surface area contributed by atoms with E-state index >= 15 is 0 Å². The lowest BCUT2D eigenvalue weighted by Gasteiger charge is -2.28. The molecule has 0 saturated carbocycles. The molecule has 2 bridgehead atoms. The van der Waals surface area contributed by atoms with E-state index in [4.69, 9.17) is 26.1 Å². The monoisotopic (exact) mass is 501 g/mol. The number of carbonyl (C=O) groups excluding carboxylic acids is 1. The highest BCUT2D eigenvalue weighted by Gasteiger charge is 2.40. The third-order valence-electron chi connectivity index (χ3n) is 6.20. The standard InChI is InChI=1S/C24H32ClN7O3/c1-6-22(33)27-18-10-19(21(34-5)11-20(18)31(4)8-7-30(2)3)28-24-26-12-17(25)23(29-24)32-13-16-9-15(32)14-35-16/h6,10-12,15-16H,1,7-9,13-14H2,2-5H3,(H,27,33)(H,26,28,29)/t15-,16-/m0/s1. The maximum Gasteiger partial charge on any atom is 0.247 e. The van der Waals surface area contributed by atoms with E-state index in [2.05, 4.69) is 36.9 Å². The van der Waals surface area contributed by atoms with Crippen molar-refractivity contribution in [2.45, 2.75) is 18.6 Å². The number of carbonyl (C=O) groups is 1. The summed E-state index contributed by atoms with van der Waals surface area (Å²) in [5, 5.41) is 6.63. The van der Waals surface area contributed by atoms with Crippen LogP contribution < -0.4 is 25.2 Å². The minimum absolute atomic E-state index is 0.218. The van der Waals surface area contributed by atoms with E-state index in [1.54, 1.807) is 13.3 Å². The van der Waals surface area contributed by atoms with Crippen LogP contribution >= 0.6 is 11.6 Å². The second kappa shape index (κ2) is 10.7. The summed E-state index contributed by atoms with van der Waals surface area (Å²) < 4.78 is 11.4. The minimum Gasteiger partial charge on any atom is -0.494 e. The molecule has 0 radical (unpaired) electrons. The highest BCUT2D eigenvalue weighted by atomic mass is 35.5. The summed E-state index contributed by atoms with van der Waals surface area (Å²) in [5.74, 6) is 1.34. The molecule has 2 N–H and O–H groups in total. The first-order valence-corrected chi connectivity index (χ1v) is 11.9. The summed E-state index contributed by atoms with van der Waals surface area (Å²) in [6, 6.07) is 3.96. The van der Waals surface area contributed by atoms with Crippen molar-refractivity contribution >= 4 is 46.3 Å². The van der Waals surface area contributed by atoms with Crippen molar-refractivity contribution in [1.82, 2.24) is 14.9 Å². The minimum atomic E-state index is -0.306. The van der Waals surface area contributed by atoms with Gasteiger partial charge in [-0.15, -0.1) is 0 Å². The van der Waals surface area contributed by atoms with Crippen LogP contribution in [0.2, 0.25) is 5.02 Å². The molecule has 2 saturated heterocycles. The Hall–Kier alpha value is -3.08. The zero-order valence-corrected chi connectivity index (χ0v) is 21.3. The fourth-order valence-corrected chi connectivity index (χ4v) is 4.50. The molecule has 2 fully saturated rings. The van der Waals surface area contributed by atoms with Gasteiger partial charge >= 0.3 is 0 Å². The van der Waals surface area contributed by atoms with E-state index < -0.39 is 0 Å².